The fourth-order valence-corrected chi connectivity index (χ4v) is 5.49. The summed E-state index contributed by atoms with van der Waals surface area (Å²) in [6, 6.07) is 13.2. The van der Waals surface area contributed by atoms with Crippen molar-refractivity contribution in [2.45, 2.75) is 70.5 Å². The molecule has 1 aliphatic rings. The number of hydrogen-bond acceptors (Lipinski definition) is 7. The Hall–Kier alpha value is -4.06. The smallest absolute Gasteiger partial charge is 0.407 e. The lowest BCUT2D eigenvalue weighted by Gasteiger charge is -2.21. The molecule has 2 aromatic rings. The zero-order chi connectivity index (χ0) is 31.4. The first kappa shape index (κ1) is 33.4. The van der Waals surface area contributed by atoms with Crippen LogP contribution in [0.4, 0.5) is 4.79 Å². The molecule has 3 rings (SSSR count). The summed E-state index contributed by atoms with van der Waals surface area (Å²) in [5.74, 6) is -1.25. The summed E-state index contributed by atoms with van der Waals surface area (Å²) in [5, 5.41) is 19.0. The lowest BCUT2D eigenvalue weighted by molar-refractivity contribution is -0.137. The molecule has 5 N–H and O–H groups in total. The van der Waals surface area contributed by atoms with Crippen LogP contribution in [0.1, 0.15) is 63.5 Å². The molecule has 4 amide bonds. The Bertz CT molecular complexity index is 1260. The van der Waals surface area contributed by atoms with Gasteiger partial charge in [-0.3, -0.25) is 19.2 Å². The monoisotopic (exact) mass is 612 g/mol. The molecule has 0 saturated heterocycles. The summed E-state index contributed by atoms with van der Waals surface area (Å²) in [5.41, 5.74) is 4.38. The van der Waals surface area contributed by atoms with Crippen LogP contribution in [-0.4, -0.2) is 71.3 Å². The Morgan fingerprint density at radius 2 is 1.30 bits per heavy atom. The topological polar surface area (TPSA) is 163 Å². The fourth-order valence-electron chi connectivity index (χ4n) is 4.69. The number of carbonyl (C=O) groups excluding carboxylic acids is 4. The number of unbranched alkanes of at least 4 members (excludes halogenated alkanes) is 2. The van der Waals surface area contributed by atoms with Crippen molar-refractivity contribution in [2.75, 3.05) is 18.2 Å². The zero-order valence-corrected chi connectivity index (χ0v) is 25.5. The minimum absolute atomic E-state index is 0.109. The molecule has 0 radical (unpaired) electrons. The minimum Gasteiger partial charge on any atom is -0.481 e. The van der Waals surface area contributed by atoms with Crippen LogP contribution in [0.15, 0.2) is 48.5 Å². The van der Waals surface area contributed by atoms with Gasteiger partial charge in [-0.2, -0.15) is 0 Å². The van der Waals surface area contributed by atoms with Crippen LogP contribution in [0, 0.1) is 0 Å². The number of carboxylic acid groups (broad SMARTS) is 1. The van der Waals surface area contributed by atoms with E-state index in [9.17, 15) is 24.0 Å². The lowest BCUT2D eigenvalue weighted by atomic mass is 9.98. The number of thioether (sulfide) groups is 1. The molecule has 11 nitrogen and oxygen atoms in total. The van der Waals surface area contributed by atoms with Gasteiger partial charge in [-0.25, -0.2) is 4.79 Å². The van der Waals surface area contributed by atoms with Crippen molar-refractivity contribution in [3.05, 3.63) is 59.7 Å². The molecule has 0 aromatic heterocycles. The molecule has 0 bridgehead atoms. The second kappa shape index (κ2) is 16.5. The zero-order valence-electron chi connectivity index (χ0n) is 24.7. The van der Waals surface area contributed by atoms with Crippen LogP contribution in [0.5, 0.6) is 0 Å². The summed E-state index contributed by atoms with van der Waals surface area (Å²) in [6.07, 6.45) is 1.70. The number of aliphatic carboxylic acids is 1. The Labute approximate surface area is 255 Å². The third-order valence-electron chi connectivity index (χ3n) is 7.10. The van der Waals surface area contributed by atoms with Gasteiger partial charge in [-0.05, 0) is 61.6 Å². The number of nitrogens with one attached hydrogen (secondary N) is 4. The summed E-state index contributed by atoms with van der Waals surface area (Å²) in [4.78, 5) is 60.5. The molecule has 232 valence electrons. The second-order valence-corrected chi connectivity index (χ2v) is 11.6. The maximum atomic E-state index is 12.6. The van der Waals surface area contributed by atoms with Crippen LogP contribution in [-0.2, 0) is 23.9 Å². The van der Waals surface area contributed by atoms with Gasteiger partial charge in [0, 0.05) is 12.3 Å². The van der Waals surface area contributed by atoms with Gasteiger partial charge in [0.2, 0.25) is 17.7 Å². The van der Waals surface area contributed by atoms with Gasteiger partial charge in [-0.15, -0.1) is 11.8 Å². The van der Waals surface area contributed by atoms with E-state index in [1.165, 1.54) is 25.6 Å². The van der Waals surface area contributed by atoms with Crippen LogP contribution in [0.25, 0.3) is 11.1 Å². The minimum atomic E-state index is -0.965. The number of fused-ring (bicyclic) bond motifs is 3. The van der Waals surface area contributed by atoms with E-state index in [-0.39, 0.29) is 24.9 Å². The van der Waals surface area contributed by atoms with Gasteiger partial charge in [0.15, 0.2) is 0 Å². The van der Waals surface area contributed by atoms with Gasteiger partial charge >= 0.3 is 12.1 Å². The molecule has 3 unspecified atom stereocenters. The third kappa shape index (κ3) is 10.0. The number of ether oxygens (including phenoxy) is 1. The van der Waals surface area contributed by atoms with Crippen molar-refractivity contribution < 1.29 is 33.8 Å². The van der Waals surface area contributed by atoms with E-state index in [0.717, 1.165) is 40.8 Å². The van der Waals surface area contributed by atoms with E-state index in [2.05, 4.69) is 21.3 Å². The maximum absolute atomic E-state index is 12.6. The molecule has 2 aromatic carbocycles. The average Bonchev–Trinajstić information content (AvgIpc) is 3.30. The number of hydrogen-bond donors (Lipinski definition) is 5. The molecule has 43 heavy (non-hydrogen) atoms. The largest absolute Gasteiger partial charge is 0.481 e. The van der Waals surface area contributed by atoms with E-state index in [4.69, 9.17) is 9.84 Å². The van der Waals surface area contributed by atoms with Gasteiger partial charge < -0.3 is 31.1 Å². The highest BCUT2D eigenvalue weighted by Gasteiger charge is 2.30. The molecule has 0 spiro atoms. The third-order valence-corrected chi connectivity index (χ3v) is 8.03. The Morgan fingerprint density at radius 3 is 1.88 bits per heavy atom. The van der Waals surface area contributed by atoms with Gasteiger partial charge in [-0.1, -0.05) is 55.0 Å². The van der Waals surface area contributed by atoms with Crippen LogP contribution >= 0.6 is 11.8 Å². The number of alkyl carbamates (subject to hydrolysis) is 1. The molecule has 0 saturated carbocycles. The molecule has 3 atom stereocenters. The van der Waals surface area contributed by atoms with Crippen molar-refractivity contribution in [2.24, 2.45) is 0 Å². The maximum Gasteiger partial charge on any atom is 0.407 e. The average molecular weight is 613 g/mol. The second-order valence-electron chi connectivity index (χ2n) is 10.5. The number of rotatable bonds is 16. The van der Waals surface area contributed by atoms with E-state index in [1.807, 2.05) is 48.5 Å². The van der Waals surface area contributed by atoms with Crippen molar-refractivity contribution in [3.8, 4) is 11.1 Å². The van der Waals surface area contributed by atoms with Gasteiger partial charge in [0.25, 0.3) is 0 Å². The highest BCUT2D eigenvalue weighted by Crippen LogP contribution is 2.44. The van der Waals surface area contributed by atoms with Crippen LogP contribution in [0.3, 0.4) is 0 Å². The number of amides is 4. The molecular weight excluding hydrogens is 572 g/mol. The number of benzene rings is 2. The molecule has 0 fully saturated rings. The predicted octanol–water partition coefficient (Wildman–Crippen LogP) is 3.37. The van der Waals surface area contributed by atoms with Crippen molar-refractivity contribution >= 4 is 41.5 Å². The normalized spacial score (nSPS) is 13.9. The van der Waals surface area contributed by atoms with Crippen molar-refractivity contribution in [1.29, 1.82) is 0 Å². The van der Waals surface area contributed by atoms with Gasteiger partial charge in [0.1, 0.15) is 24.7 Å². The lowest BCUT2D eigenvalue weighted by Crippen LogP contribution is -2.54. The molecule has 0 aliphatic heterocycles. The van der Waals surface area contributed by atoms with E-state index >= 15 is 0 Å². The molecule has 1 aliphatic carbocycles. The molecular formula is C31H40N4O7S. The molecule has 0 heterocycles. The summed E-state index contributed by atoms with van der Waals surface area (Å²) >= 11 is 1.51. The van der Waals surface area contributed by atoms with Crippen LogP contribution in [0.2, 0.25) is 0 Å². The Kier molecular flexibility index (Phi) is 12.9. The van der Waals surface area contributed by atoms with Crippen molar-refractivity contribution in [1.82, 2.24) is 21.3 Å². The Morgan fingerprint density at radius 1 is 0.767 bits per heavy atom. The van der Waals surface area contributed by atoms with Crippen LogP contribution < -0.4 is 21.3 Å². The number of carbonyl (C=O) groups is 5. The summed E-state index contributed by atoms with van der Waals surface area (Å²) in [7, 11) is 0. The van der Waals surface area contributed by atoms with E-state index in [1.54, 1.807) is 6.92 Å². The summed E-state index contributed by atoms with van der Waals surface area (Å²) in [6.45, 7) is 4.62. The SMILES string of the molecule is CC(NC(=O)OCC1c2ccccc2-c2ccccc21)C(=O)NC(C)C(=O)NC(C)C(=O)NCSCCCCCC(=O)O. The first-order chi connectivity index (χ1) is 20.6. The number of carboxylic acids is 1. The highest BCUT2D eigenvalue weighted by atomic mass is 32.2. The standard InChI is InChI=1S/C31H40N4O7S/c1-19(28(38)32-18-43-16-10-4-5-15-27(36)37)33-29(39)20(2)34-30(40)21(3)35-31(41)42-17-26-24-13-8-6-11-22(24)23-12-7-9-14-25(23)26/h6-9,11-14,19-21,26H,4-5,10,15-18H2,1-3H3,(H,32,38)(H,33,39)(H,34,40)(H,35,41)(H,36,37). The highest BCUT2D eigenvalue weighted by molar-refractivity contribution is 7.99. The van der Waals surface area contributed by atoms with Crippen molar-refractivity contribution in [3.63, 3.8) is 0 Å². The first-order valence-electron chi connectivity index (χ1n) is 14.4. The first-order valence-corrected chi connectivity index (χ1v) is 15.5. The summed E-state index contributed by atoms with van der Waals surface area (Å²) < 4.78 is 5.49. The van der Waals surface area contributed by atoms with E-state index in [0.29, 0.717) is 12.3 Å². The predicted molar refractivity (Wildman–Crippen MR) is 164 cm³/mol. The fraction of sp³-hybridized carbons (Fsp3) is 0.452. The van der Waals surface area contributed by atoms with E-state index < -0.39 is 42.0 Å². The van der Waals surface area contributed by atoms with Gasteiger partial charge in [0.05, 0.1) is 5.88 Å². The quantitative estimate of drug-likeness (QED) is 0.142. The Balaban J connectivity index is 1.35. The molecule has 12 heteroatoms.